The summed E-state index contributed by atoms with van der Waals surface area (Å²) in [5, 5.41) is 10.6. The molecule has 6 N–H and O–H groups in total. The first-order chi connectivity index (χ1) is 6.34. The van der Waals surface area contributed by atoms with Gasteiger partial charge in [-0.2, -0.15) is 0 Å². The van der Waals surface area contributed by atoms with Crippen LogP contribution in [-0.2, 0) is 14.4 Å². The van der Waals surface area contributed by atoms with Crippen molar-refractivity contribution in [3.05, 3.63) is 0 Å². The molecular formula is C7H13N3O4. The Hall–Kier alpha value is -1.63. The lowest BCUT2D eigenvalue weighted by Gasteiger charge is -2.13. The molecule has 0 spiro atoms. The summed E-state index contributed by atoms with van der Waals surface area (Å²) in [5.74, 6) is -2.60. The molecule has 0 aromatic carbocycles. The molecule has 7 heteroatoms. The van der Waals surface area contributed by atoms with Crippen LogP contribution < -0.4 is 16.8 Å². The number of hydrogen-bond acceptors (Lipinski definition) is 4. The first-order valence-electron chi connectivity index (χ1n) is 3.91. The molecule has 0 fully saturated rings. The van der Waals surface area contributed by atoms with E-state index < -0.39 is 29.9 Å². The second-order valence-corrected chi connectivity index (χ2v) is 2.85. The zero-order valence-corrected chi connectivity index (χ0v) is 7.69. The van der Waals surface area contributed by atoms with E-state index in [9.17, 15) is 14.4 Å². The Bertz CT molecular complexity index is 253. The van der Waals surface area contributed by atoms with Crippen molar-refractivity contribution in [2.75, 3.05) is 0 Å². The Morgan fingerprint density at radius 3 is 2.29 bits per heavy atom. The Balaban J connectivity index is 4.07. The van der Waals surface area contributed by atoms with Gasteiger partial charge in [0, 0.05) is 0 Å². The van der Waals surface area contributed by atoms with Gasteiger partial charge < -0.3 is 21.9 Å². The number of rotatable bonds is 5. The lowest BCUT2D eigenvalue weighted by atomic mass is 10.2. The molecule has 7 nitrogen and oxygen atoms in total. The minimum atomic E-state index is -1.18. The normalized spacial score (nSPS) is 14.1. The highest BCUT2D eigenvalue weighted by Crippen LogP contribution is 1.89. The highest BCUT2D eigenvalue weighted by atomic mass is 16.4. The van der Waals surface area contributed by atoms with E-state index in [1.165, 1.54) is 6.92 Å². The van der Waals surface area contributed by atoms with E-state index in [-0.39, 0.29) is 6.42 Å². The summed E-state index contributed by atoms with van der Waals surface area (Å²) >= 11 is 0. The topological polar surface area (TPSA) is 136 Å². The lowest BCUT2D eigenvalue weighted by molar-refractivity contribution is -0.141. The quantitative estimate of drug-likeness (QED) is 0.401. The Labute approximate surface area is 80.4 Å². The van der Waals surface area contributed by atoms with Gasteiger partial charge in [0.05, 0.1) is 12.5 Å². The summed E-state index contributed by atoms with van der Waals surface area (Å²) in [6.07, 6.45) is -0.307. The summed E-state index contributed by atoms with van der Waals surface area (Å²) in [6.45, 7) is 1.29. The number of carbonyl (C=O) groups excluding carboxylic acids is 2. The molecule has 0 aliphatic carbocycles. The van der Waals surface area contributed by atoms with Gasteiger partial charge in [0.25, 0.3) is 0 Å². The zero-order chi connectivity index (χ0) is 11.3. The van der Waals surface area contributed by atoms with Crippen LogP contribution in [0.25, 0.3) is 0 Å². The molecule has 0 bridgehead atoms. The molecule has 2 amide bonds. The second-order valence-electron chi connectivity index (χ2n) is 2.85. The van der Waals surface area contributed by atoms with Crippen LogP contribution in [0.4, 0.5) is 0 Å². The third-order valence-electron chi connectivity index (χ3n) is 1.49. The van der Waals surface area contributed by atoms with E-state index in [2.05, 4.69) is 5.32 Å². The molecule has 1 unspecified atom stereocenters. The molecule has 0 saturated carbocycles. The van der Waals surface area contributed by atoms with E-state index in [1.54, 1.807) is 0 Å². The third kappa shape index (κ3) is 4.41. The van der Waals surface area contributed by atoms with Crippen LogP contribution >= 0.6 is 0 Å². The largest absolute Gasteiger partial charge is 0.480 e. The predicted molar refractivity (Wildman–Crippen MR) is 47.0 cm³/mol. The highest BCUT2D eigenvalue weighted by Gasteiger charge is 2.20. The number of primary amides is 1. The Morgan fingerprint density at radius 2 is 1.93 bits per heavy atom. The van der Waals surface area contributed by atoms with Gasteiger partial charge in [-0.25, -0.2) is 0 Å². The number of amides is 2. The molecule has 0 aliphatic heterocycles. The molecule has 0 rings (SSSR count). The van der Waals surface area contributed by atoms with Crippen molar-refractivity contribution < 1.29 is 19.5 Å². The fraction of sp³-hybridized carbons (Fsp3) is 0.571. The van der Waals surface area contributed by atoms with E-state index in [0.29, 0.717) is 0 Å². The fourth-order valence-electron chi connectivity index (χ4n) is 0.692. The molecule has 14 heavy (non-hydrogen) atoms. The van der Waals surface area contributed by atoms with Crippen LogP contribution in [0.2, 0.25) is 0 Å². The van der Waals surface area contributed by atoms with Crippen LogP contribution in [0, 0.1) is 0 Å². The molecule has 0 radical (unpaired) electrons. The molecule has 0 aliphatic rings. The van der Waals surface area contributed by atoms with Crippen molar-refractivity contribution in [2.45, 2.75) is 25.4 Å². The van der Waals surface area contributed by atoms with Crippen LogP contribution in [0.3, 0.4) is 0 Å². The summed E-state index contributed by atoms with van der Waals surface area (Å²) in [7, 11) is 0. The Kier molecular flexibility index (Phi) is 4.57. The second kappa shape index (κ2) is 5.18. The summed E-state index contributed by atoms with van der Waals surface area (Å²) in [5.41, 5.74) is 10.1. The van der Waals surface area contributed by atoms with E-state index in [1.807, 2.05) is 0 Å². The molecule has 0 heterocycles. The number of nitrogens with one attached hydrogen (secondary N) is 1. The fourth-order valence-corrected chi connectivity index (χ4v) is 0.692. The number of carbonyl (C=O) groups is 3. The monoisotopic (exact) mass is 203 g/mol. The van der Waals surface area contributed by atoms with Gasteiger partial charge >= 0.3 is 5.97 Å². The van der Waals surface area contributed by atoms with Gasteiger partial charge in [-0.05, 0) is 6.92 Å². The first-order valence-corrected chi connectivity index (χ1v) is 3.91. The smallest absolute Gasteiger partial charge is 0.325 e. The van der Waals surface area contributed by atoms with Gasteiger partial charge in [-0.1, -0.05) is 0 Å². The molecule has 2 atom stereocenters. The number of carboxylic acid groups (broad SMARTS) is 1. The summed E-state index contributed by atoms with van der Waals surface area (Å²) < 4.78 is 0. The van der Waals surface area contributed by atoms with E-state index >= 15 is 0 Å². The SMILES string of the molecule is C[C@H](NC(=O)C(N)CC(N)=O)C(=O)O. The third-order valence-corrected chi connectivity index (χ3v) is 1.49. The standard InChI is InChI=1S/C7H13N3O4/c1-3(7(13)14)10-6(12)4(8)2-5(9)11/h3-4H,2,8H2,1H3,(H2,9,11)(H,10,12)(H,13,14)/t3-,4?/m0/s1. The van der Waals surface area contributed by atoms with Gasteiger partial charge in [0.1, 0.15) is 6.04 Å². The van der Waals surface area contributed by atoms with E-state index in [0.717, 1.165) is 0 Å². The summed E-state index contributed by atoms with van der Waals surface area (Å²) in [6, 6.07) is -2.14. The Morgan fingerprint density at radius 1 is 1.43 bits per heavy atom. The van der Waals surface area contributed by atoms with Crippen molar-refractivity contribution in [2.24, 2.45) is 11.5 Å². The molecule has 80 valence electrons. The maximum absolute atomic E-state index is 11.1. The van der Waals surface area contributed by atoms with Crippen LogP contribution in [0.5, 0.6) is 0 Å². The maximum atomic E-state index is 11.1. The highest BCUT2D eigenvalue weighted by molar-refractivity contribution is 5.90. The molecular weight excluding hydrogens is 190 g/mol. The number of hydrogen-bond donors (Lipinski definition) is 4. The van der Waals surface area contributed by atoms with Crippen molar-refractivity contribution in [1.29, 1.82) is 0 Å². The first kappa shape index (κ1) is 12.4. The van der Waals surface area contributed by atoms with Crippen LogP contribution in [-0.4, -0.2) is 35.0 Å². The van der Waals surface area contributed by atoms with Crippen molar-refractivity contribution in [3.8, 4) is 0 Å². The molecule has 0 aromatic heterocycles. The average Bonchev–Trinajstić information content (AvgIpc) is 2.02. The van der Waals surface area contributed by atoms with Crippen LogP contribution in [0.1, 0.15) is 13.3 Å². The minimum Gasteiger partial charge on any atom is -0.480 e. The van der Waals surface area contributed by atoms with Crippen molar-refractivity contribution >= 4 is 17.8 Å². The number of nitrogens with two attached hydrogens (primary N) is 2. The van der Waals surface area contributed by atoms with Gasteiger partial charge in [0.15, 0.2) is 0 Å². The number of carboxylic acids is 1. The molecule has 0 aromatic rings. The zero-order valence-electron chi connectivity index (χ0n) is 7.69. The minimum absolute atomic E-state index is 0.307. The maximum Gasteiger partial charge on any atom is 0.325 e. The lowest BCUT2D eigenvalue weighted by Crippen LogP contribution is -2.48. The average molecular weight is 203 g/mol. The molecule has 0 saturated heterocycles. The van der Waals surface area contributed by atoms with E-state index in [4.69, 9.17) is 16.6 Å². The van der Waals surface area contributed by atoms with Gasteiger partial charge in [-0.3, -0.25) is 14.4 Å². The van der Waals surface area contributed by atoms with Crippen molar-refractivity contribution in [1.82, 2.24) is 5.32 Å². The van der Waals surface area contributed by atoms with Crippen molar-refractivity contribution in [3.63, 3.8) is 0 Å². The van der Waals surface area contributed by atoms with Gasteiger partial charge in [0.2, 0.25) is 11.8 Å². The predicted octanol–water partition coefficient (Wildman–Crippen LogP) is -2.22. The summed E-state index contributed by atoms with van der Waals surface area (Å²) in [4.78, 5) is 31.8. The van der Waals surface area contributed by atoms with Gasteiger partial charge in [-0.15, -0.1) is 0 Å². The number of aliphatic carboxylic acids is 1. The van der Waals surface area contributed by atoms with Crippen LogP contribution in [0.15, 0.2) is 0 Å².